The Bertz CT molecular complexity index is 389. The molecule has 0 radical (unpaired) electrons. The molecule has 4 heteroatoms. The molecule has 25 heavy (non-hydrogen) atoms. The molecule has 0 aromatic carbocycles. The topological polar surface area (TPSA) is 46.5 Å². The fourth-order valence-electron chi connectivity index (χ4n) is 2.19. The van der Waals surface area contributed by atoms with Gasteiger partial charge in [0.25, 0.3) is 0 Å². The molecule has 0 aliphatic carbocycles. The fourth-order valence-corrected chi connectivity index (χ4v) is 2.28. The van der Waals surface area contributed by atoms with E-state index in [1.807, 2.05) is 0 Å². The van der Waals surface area contributed by atoms with Gasteiger partial charge in [-0.25, -0.2) is 0 Å². The zero-order chi connectivity index (χ0) is 18.6. The summed E-state index contributed by atoms with van der Waals surface area (Å²) in [6.07, 6.45) is 22.7. The molecule has 1 N–H and O–H groups in total. The molecule has 0 rings (SSSR count). The van der Waals surface area contributed by atoms with Crippen molar-refractivity contribution in [2.45, 2.75) is 77.2 Å². The van der Waals surface area contributed by atoms with Crippen LogP contribution >= 0.6 is 11.6 Å². The summed E-state index contributed by atoms with van der Waals surface area (Å²) in [5.74, 6) is -0.153. The molecular formula is C21H35ClO3. The van der Waals surface area contributed by atoms with Crippen molar-refractivity contribution in [3.63, 3.8) is 0 Å². The van der Waals surface area contributed by atoms with Gasteiger partial charge in [-0.05, 0) is 38.5 Å². The Labute approximate surface area is 158 Å². The predicted molar refractivity (Wildman–Crippen MR) is 107 cm³/mol. The SMILES string of the molecule is CC/C=C\C/C=C\C/C=C\CCCCCCCC(=O)OC[C@H](O)CCl. The van der Waals surface area contributed by atoms with Crippen molar-refractivity contribution < 1.29 is 14.6 Å². The van der Waals surface area contributed by atoms with Gasteiger partial charge in [-0.2, -0.15) is 0 Å². The average molecular weight is 371 g/mol. The van der Waals surface area contributed by atoms with Crippen LogP contribution in [0.3, 0.4) is 0 Å². The lowest BCUT2D eigenvalue weighted by atomic mass is 10.1. The molecule has 0 aliphatic heterocycles. The smallest absolute Gasteiger partial charge is 0.305 e. The van der Waals surface area contributed by atoms with E-state index in [4.69, 9.17) is 16.3 Å². The van der Waals surface area contributed by atoms with Gasteiger partial charge in [0.2, 0.25) is 0 Å². The number of carbonyl (C=O) groups excluding carboxylic acids is 1. The Hall–Kier alpha value is -1.06. The summed E-state index contributed by atoms with van der Waals surface area (Å²) in [5, 5.41) is 9.19. The highest BCUT2D eigenvalue weighted by molar-refractivity contribution is 6.18. The van der Waals surface area contributed by atoms with Gasteiger partial charge in [0.15, 0.2) is 0 Å². The van der Waals surface area contributed by atoms with E-state index in [9.17, 15) is 9.90 Å². The minimum absolute atomic E-state index is 0.000697. The van der Waals surface area contributed by atoms with Crippen molar-refractivity contribution in [1.29, 1.82) is 0 Å². The Morgan fingerprint density at radius 2 is 1.56 bits per heavy atom. The maximum Gasteiger partial charge on any atom is 0.305 e. The number of ether oxygens (including phenoxy) is 1. The van der Waals surface area contributed by atoms with Gasteiger partial charge < -0.3 is 9.84 Å². The molecule has 0 heterocycles. The Morgan fingerprint density at radius 3 is 2.24 bits per heavy atom. The molecule has 144 valence electrons. The van der Waals surface area contributed by atoms with Crippen LogP contribution in [0.5, 0.6) is 0 Å². The minimum Gasteiger partial charge on any atom is -0.463 e. The summed E-state index contributed by atoms with van der Waals surface area (Å²) >= 11 is 5.43. The third-order valence-electron chi connectivity index (χ3n) is 3.65. The molecule has 0 amide bonds. The number of hydrogen-bond donors (Lipinski definition) is 1. The van der Waals surface area contributed by atoms with Crippen LogP contribution in [0.25, 0.3) is 0 Å². The van der Waals surface area contributed by atoms with Gasteiger partial charge in [-0.15, -0.1) is 11.6 Å². The Morgan fingerprint density at radius 1 is 0.960 bits per heavy atom. The van der Waals surface area contributed by atoms with Crippen LogP contribution in [0.1, 0.15) is 71.1 Å². The van der Waals surface area contributed by atoms with E-state index in [-0.39, 0.29) is 18.5 Å². The minimum atomic E-state index is -0.757. The van der Waals surface area contributed by atoms with E-state index in [1.165, 1.54) is 12.8 Å². The molecule has 0 saturated heterocycles. The zero-order valence-corrected chi connectivity index (χ0v) is 16.4. The number of aliphatic hydroxyl groups excluding tert-OH is 1. The molecule has 0 saturated carbocycles. The van der Waals surface area contributed by atoms with Crippen molar-refractivity contribution in [2.24, 2.45) is 0 Å². The number of rotatable bonds is 16. The molecule has 0 aliphatic rings. The Kier molecular flexibility index (Phi) is 18.5. The number of esters is 1. The number of halogens is 1. The third kappa shape index (κ3) is 19.1. The van der Waals surface area contributed by atoms with Crippen molar-refractivity contribution in [3.05, 3.63) is 36.5 Å². The maximum atomic E-state index is 11.4. The van der Waals surface area contributed by atoms with Gasteiger partial charge in [0.1, 0.15) is 12.7 Å². The second kappa shape index (κ2) is 19.3. The lowest BCUT2D eigenvalue weighted by molar-refractivity contribution is -0.146. The number of alkyl halides is 1. The highest BCUT2D eigenvalue weighted by Gasteiger charge is 2.07. The van der Waals surface area contributed by atoms with Crippen LogP contribution in [-0.2, 0) is 9.53 Å². The normalized spacial score (nSPS) is 13.2. The van der Waals surface area contributed by atoms with Crippen LogP contribution < -0.4 is 0 Å². The molecule has 0 spiro atoms. The highest BCUT2D eigenvalue weighted by Crippen LogP contribution is 2.08. The number of allylic oxidation sites excluding steroid dienone is 6. The van der Waals surface area contributed by atoms with E-state index in [0.29, 0.717) is 6.42 Å². The largest absolute Gasteiger partial charge is 0.463 e. The molecule has 0 fully saturated rings. The lowest BCUT2D eigenvalue weighted by Crippen LogP contribution is -2.19. The van der Waals surface area contributed by atoms with E-state index in [1.54, 1.807) is 0 Å². The number of unbranched alkanes of at least 4 members (excludes halogenated alkanes) is 5. The summed E-state index contributed by atoms with van der Waals surface area (Å²) in [7, 11) is 0. The highest BCUT2D eigenvalue weighted by atomic mass is 35.5. The fraction of sp³-hybridized carbons (Fsp3) is 0.667. The van der Waals surface area contributed by atoms with Gasteiger partial charge in [0.05, 0.1) is 5.88 Å². The van der Waals surface area contributed by atoms with Gasteiger partial charge in [-0.3, -0.25) is 4.79 Å². The third-order valence-corrected chi connectivity index (χ3v) is 4.00. The lowest BCUT2D eigenvalue weighted by Gasteiger charge is -2.07. The van der Waals surface area contributed by atoms with Crippen LogP contribution in [-0.4, -0.2) is 29.7 Å². The molecular weight excluding hydrogens is 336 g/mol. The number of aliphatic hydroxyl groups is 1. The van der Waals surface area contributed by atoms with Crippen LogP contribution in [0.4, 0.5) is 0 Å². The van der Waals surface area contributed by atoms with Crippen molar-refractivity contribution in [3.8, 4) is 0 Å². The van der Waals surface area contributed by atoms with E-state index in [2.05, 4.69) is 43.4 Å². The van der Waals surface area contributed by atoms with E-state index in [0.717, 1.165) is 44.9 Å². The number of hydrogen-bond acceptors (Lipinski definition) is 3. The monoisotopic (exact) mass is 370 g/mol. The quantitative estimate of drug-likeness (QED) is 0.163. The molecule has 0 unspecified atom stereocenters. The maximum absolute atomic E-state index is 11.4. The predicted octanol–water partition coefficient (Wildman–Crippen LogP) is 5.72. The first-order valence-electron chi connectivity index (χ1n) is 9.55. The van der Waals surface area contributed by atoms with Crippen molar-refractivity contribution >= 4 is 17.6 Å². The number of carbonyl (C=O) groups is 1. The van der Waals surface area contributed by atoms with E-state index < -0.39 is 6.10 Å². The first-order valence-corrected chi connectivity index (χ1v) is 10.1. The summed E-state index contributed by atoms with van der Waals surface area (Å²) in [4.78, 5) is 11.4. The molecule has 3 nitrogen and oxygen atoms in total. The molecule has 1 atom stereocenters. The second-order valence-electron chi connectivity index (χ2n) is 6.09. The summed E-state index contributed by atoms with van der Waals surface area (Å²) in [5.41, 5.74) is 0. The van der Waals surface area contributed by atoms with Crippen LogP contribution in [0.15, 0.2) is 36.5 Å². The van der Waals surface area contributed by atoms with Gasteiger partial charge >= 0.3 is 5.97 Å². The van der Waals surface area contributed by atoms with Gasteiger partial charge in [-0.1, -0.05) is 62.6 Å². The van der Waals surface area contributed by atoms with Crippen LogP contribution in [0.2, 0.25) is 0 Å². The zero-order valence-electron chi connectivity index (χ0n) is 15.7. The average Bonchev–Trinajstić information content (AvgIpc) is 2.62. The first kappa shape index (κ1) is 23.9. The summed E-state index contributed by atoms with van der Waals surface area (Å²) < 4.78 is 4.92. The van der Waals surface area contributed by atoms with Gasteiger partial charge in [0, 0.05) is 6.42 Å². The Balaban J connectivity index is 3.34. The molecule has 0 aromatic rings. The first-order chi connectivity index (χ1) is 12.2. The molecule has 0 bridgehead atoms. The summed E-state index contributed by atoms with van der Waals surface area (Å²) in [6, 6.07) is 0. The second-order valence-corrected chi connectivity index (χ2v) is 6.40. The van der Waals surface area contributed by atoms with Crippen LogP contribution in [0, 0.1) is 0 Å². The van der Waals surface area contributed by atoms with Crippen molar-refractivity contribution in [2.75, 3.05) is 12.5 Å². The van der Waals surface area contributed by atoms with E-state index >= 15 is 0 Å². The molecule has 0 aromatic heterocycles. The summed E-state index contributed by atoms with van der Waals surface area (Å²) in [6.45, 7) is 2.15. The standard InChI is InChI=1S/C21H35ClO3/c1-2-3-4-5-6-7-8-9-10-11-12-13-14-15-16-17-21(24)25-19-20(23)18-22/h3-4,6-7,9-10,20,23H,2,5,8,11-19H2,1H3/b4-3-,7-6-,10-9-/t20-/m1/s1. The van der Waals surface area contributed by atoms with Crippen molar-refractivity contribution in [1.82, 2.24) is 0 Å².